The molecule has 0 saturated carbocycles. The third kappa shape index (κ3) is 4.58. The largest absolute Gasteiger partial charge is 0.493 e. The summed E-state index contributed by atoms with van der Waals surface area (Å²) in [5.41, 5.74) is 8.83. The van der Waals surface area contributed by atoms with E-state index in [1.807, 2.05) is 6.08 Å². The van der Waals surface area contributed by atoms with Crippen LogP contribution in [0.1, 0.15) is 62.1 Å². The fourth-order valence-corrected chi connectivity index (χ4v) is 5.88. The first-order chi connectivity index (χ1) is 15.5. The maximum atomic E-state index is 10.9. The van der Waals surface area contributed by atoms with Crippen LogP contribution in [0.3, 0.4) is 0 Å². The minimum Gasteiger partial charge on any atom is -0.493 e. The number of nitrogens with zero attached hydrogens (tertiary/aromatic N) is 2. The first-order valence-electron chi connectivity index (χ1n) is 11.2. The van der Waals surface area contributed by atoms with E-state index in [-0.39, 0.29) is 23.3 Å². The average Bonchev–Trinajstić information content (AvgIpc) is 2.99. The van der Waals surface area contributed by atoms with Gasteiger partial charge in [-0.05, 0) is 70.8 Å². The Hall–Kier alpha value is -2.60. The summed E-state index contributed by atoms with van der Waals surface area (Å²) >= 11 is 6.31. The Morgan fingerprint density at radius 3 is 2.36 bits per heavy atom. The van der Waals surface area contributed by atoms with Crippen molar-refractivity contribution in [3.8, 4) is 5.88 Å². The van der Waals surface area contributed by atoms with E-state index in [0.29, 0.717) is 8.83 Å². The smallest absolute Gasteiger partial charge is 0.323 e. The molecule has 2 aliphatic heterocycles. The molecule has 33 heavy (non-hydrogen) atoms. The van der Waals surface area contributed by atoms with Crippen LogP contribution in [0, 0.1) is 3.95 Å². The number of thiazole rings is 1. The van der Waals surface area contributed by atoms with Gasteiger partial charge in [-0.25, -0.2) is 0 Å². The van der Waals surface area contributed by atoms with Gasteiger partial charge in [0.05, 0.1) is 4.88 Å². The second-order valence-electron chi connectivity index (χ2n) is 10.1. The molecule has 1 aromatic carbocycles. The fraction of sp³-hybridized carbons (Fsp3) is 0.423. The molecule has 0 amide bonds. The molecule has 0 atom stereocenters. The van der Waals surface area contributed by atoms with Gasteiger partial charge in [-0.2, -0.15) is 0 Å². The lowest BCUT2D eigenvalue weighted by Gasteiger charge is -2.48. The monoisotopic (exact) mass is 482 g/mol. The molecular weight excluding hydrogens is 452 g/mol. The van der Waals surface area contributed by atoms with E-state index in [4.69, 9.17) is 17.3 Å². The third-order valence-electron chi connectivity index (χ3n) is 6.80. The van der Waals surface area contributed by atoms with Gasteiger partial charge in [0.1, 0.15) is 6.54 Å². The second kappa shape index (κ2) is 8.64. The first kappa shape index (κ1) is 23.6. The molecule has 174 valence electrons. The number of aromatic hydroxyl groups is 1. The zero-order valence-corrected chi connectivity index (χ0v) is 21.1. The van der Waals surface area contributed by atoms with E-state index in [1.165, 1.54) is 26.9 Å². The van der Waals surface area contributed by atoms with Crippen molar-refractivity contribution in [3.63, 3.8) is 0 Å². The molecule has 3 heterocycles. The van der Waals surface area contributed by atoms with Crippen molar-refractivity contribution in [3.05, 3.63) is 55.5 Å². The first-order valence-corrected chi connectivity index (χ1v) is 12.4. The Morgan fingerprint density at radius 1 is 1.18 bits per heavy atom. The van der Waals surface area contributed by atoms with Crippen molar-refractivity contribution < 1.29 is 15.0 Å². The predicted molar refractivity (Wildman–Crippen MR) is 138 cm³/mol. The number of benzene rings is 1. The molecule has 7 heteroatoms. The van der Waals surface area contributed by atoms with Gasteiger partial charge in [-0.15, -0.1) is 17.1 Å². The SMILES string of the molecule is CC1(C)CCN2CCC(C)(C)c3cc(/C=C/C=C=Cc4sc(=S)n(CC(=O)O)c4O)cc1c32. The summed E-state index contributed by atoms with van der Waals surface area (Å²) < 4.78 is 1.53. The molecule has 0 unspecified atom stereocenters. The molecule has 5 nitrogen and oxygen atoms in total. The van der Waals surface area contributed by atoms with Gasteiger partial charge in [0.2, 0.25) is 5.88 Å². The molecule has 0 bridgehead atoms. The van der Waals surface area contributed by atoms with Crippen LogP contribution in [0.2, 0.25) is 0 Å². The van der Waals surface area contributed by atoms with Crippen LogP contribution in [0.5, 0.6) is 5.88 Å². The van der Waals surface area contributed by atoms with Gasteiger partial charge < -0.3 is 15.1 Å². The molecule has 0 radical (unpaired) electrons. The minimum absolute atomic E-state index is 0.139. The number of rotatable bonds is 5. The average molecular weight is 483 g/mol. The van der Waals surface area contributed by atoms with Gasteiger partial charge in [0, 0.05) is 24.9 Å². The van der Waals surface area contributed by atoms with E-state index in [1.54, 1.807) is 12.2 Å². The number of carboxylic acids is 1. The Morgan fingerprint density at radius 2 is 1.79 bits per heavy atom. The van der Waals surface area contributed by atoms with Gasteiger partial charge in [0.15, 0.2) is 3.95 Å². The number of aromatic nitrogens is 1. The van der Waals surface area contributed by atoms with E-state index < -0.39 is 5.97 Å². The third-order valence-corrected chi connectivity index (χ3v) is 8.19. The highest BCUT2D eigenvalue weighted by Gasteiger charge is 2.39. The lowest BCUT2D eigenvalue weighted by molar-refractivity contribution is -0.137. The van der Waals surface area contributed by atoms with E-state index in [0.717, 1.165) is 37.3 Å². The van der Waals surface area contributed by atoms with Crippen molar-refractivity contribution in [1.82, 2.24) is 4.57 Å². The topological polar surface area (TPSA) is 65.7 Å². The number of hydrogen-bond donors (Lipinski definition) is 2. The molecule has 2 aromatic rings. The lowest BCUT2D eigenvalue weighted by atomic mass is 9.69. The molecule has 0 saturated heterocycles. The van der Waals surface area contributed by atoms with Crippen LogP contribution >= 0.6 is 23.6 Å². The van der Waals surface area contributed by atoms with Crippen molar-refractivity contribution in [2.75, 3.05) is 18.0 Å². The Labute approximate surface area is 204 Å². The molecule has 2 N–H and O–H groups in total. The zero-order valence-electron chi connectivity index (χ0n) is 19.5. The molecule has 1 aromatic heterocycles. The molecule has 4 rings (SSSR count). The van der Waals surface area contributed by atoms with Gasteiger partial charge >= 0.3 is 5.97 Å². The number of anilines is 1. The van der Waals surface area contributed by atoms with E-state index in [2.05, 4.69) is 56.5 Å². The van der Waals surface area contributed by atoms with Crippen molar-refractivity contribution in [2.24, 2.45) is 0 Å². The minimum atomic E-state index is -1.05. The number of allylic oxidation sites excluding steroid dienone is 2. The number of hydrogen-bond acceptors (Lipinski definition) is 5. The molecule has 0 spiro atoms. The van der Waals surface area contributed by atoms with Crippen LogP contribution < -0.4 is 4.90 Å². The molecule has 2 aliphatic rings. The summed E-state index contributed by atoms with van der Waals surface area (Å²) in [6.07, 6.45) is 9.77. The summed E-state index contributed by atoms with van der Waals surface area (Å²) in [6, 6.07) is 4.65. The van der Waals surface area contributed by atoms with Gasteiger partial charge in [-0.1, -0.05) is 39.8 Å². The highest BCUT2D eigenvalue weighted by atomic mass is 32.1. The van der Waals surface area contributed by atoms with E-state index in [9.17, 15) is 9.90 Å². The van der Waals surface area contributed by atoms with Gasteiger partial charge in [-0.3, -0.25) is 9.36 Å². The normalized spacial score (nSPS) is 18.0. The van der Waals surface area contributed by atoms with Crippen molar-refractivity contribution >= 4 is 47.4 Å². The van der Waals surface area contributed by atoms with Crippen LogP contribution in [-0.2, 0) is 22.2 Å². The summed E-state index contributed by atoms with van der Waals surface area (Å²) in [5, 5.41) is 19.2. The highest BCUT2D eigenvalue weighted by molar-refractivity contribution is 7.73. The highest BCUT2D eigenvalue weighted by Crippen LogP contribution is 2.49. The second-order valence-corrected chi connectivity index (χ2v) is 11.8. The molecule has 0 fully saturated rings. The van der Waals surface area contributed by atoms with Crippen molar-refractivity contribution in [2.45, 2.75) is 57.9 Å². The van der Waals surface area contributed by atoms with Crippen LogP contribution in [0.15, 0.2) is 30.0 Å². The van der Waals surface area contributed by atoms with Crippen LogP contribution in [0.25, 0.3) is 12.2 Å². The van der Waals surface area contributed by atoms with Crippen LogP contribution in [-0.4, -0.2) is 33.8 Å². The maximum absolute atomic E-state index is 10.9. The number of aliphatic carboxylic acids is 1. The summed E-state index contributed by atoms with van der Waals surface area (Å²) in [4.78, 5) is 14.0. The lowest BCUT2D eigenvalue weighted by Crippen LogP contribution is -2.44. The fourth-order valence-electron chi connectivity index (χ4n) is 4.68. The standard InChI is InChI=1S/C26H30N2O3S2/c1-25(2)10-12-27-13-11-26(3,4)19-15-17(14-18(25)22(19)27)8-6-5-7-9-20-23(31)28(16-21(29)30)24(32)33-20/h5-6,8-9,14-15,31H,10-13,16H2,1-4H3,(H,29,30)/b8-6+. The molecule has 0 aliphatic carbocycles. The zero-order chi connectivity index (χ0) is 24.0. The predicted octanol–water partition coefficient (Wildman–Crippen LogP) is 6.12. The van der Waals surface area contributed by atoms with Crippen molar-refractivity contribution in [1.29, 1.82) is 0 Å². The summed E-state index contributed by atoms with van der Waals surface area (Å²) in [6.45, 7) is 11.3. The number of carbonyl (C=O) groups is 1. The quantitative estimate of drug-likeness (QED) is 0.305. The number of carboxylic acid groups (broad SMARTS) is 1. The Bertz CT molecular complexity index is 1220. The Balaban J connectivity index is 1.63. The summed E-state index contributed by atoms with van der Waals surface area (Å²) in [7, 11) is 0. The Kier molecular flexibility index (Phi) is 6.16. The van der Waals surface area contributed by atoms with Crippen LogP contribution in [0.4, 0.5) is 5.69 Å². The van der Waals surface area contributed by atoms with E-state index >= 15 is 0 Å². The summed E-state index contributed by atoms with van der Waals surface area (Å²) in [5.74, 6) is -1.19. The van der Waals surface area contributed by atoms with Gasteiger partial charge in [0.25, 0.3) is 0 Å². The maximum Gasteiger partial charge on any atom is 0.323 e. The molecular formula is C26H30N2O3S2.